The highest BCUT2D eigenvalue weighted by molar-refractivity contribution is 5.87. The predicted octanol–water partition coefficient (Wildman–Crippen LogP) is 11.6. The summed E-state index contributed by atoms with van der Waals surface area (Å²) in [5.41, 5.74) is -1.61. The highest BCUT2D eigenvalue weighted by atomic mass is 16.4. The molecule has 3 rings (SSSR count). The van der Waals surface area contributed by atoms with Crippen molar-refractivity contribution in [3.63, 3.8) is 0 Å². The zero-order valence-corrected chi connectivity index (χ0v) is 34.3. The molecule has 0 heterocycles. The summed E-state index contributed by atoms with van der Waals surface area (Å²) >= 11 is 0. The zero-order valence-electron chi connectivity index (χ0n) is 34.3. The van der Waals surface area contributed by atoms with Crippen molar-refractivity contribution in [2.24, 2.45) is 0 Å². The predicted molar refractivity (Wildman–Crippen MR) is 227 cm³/mol. The number of carbonyl (C=O) groups excluding carboxylic acids is 1. The standard InChI is InChI=1S/C49H75NO4/c1-4-7-10-11-12-13-14-15-16-17-18-19-20-21-22-32-39-45(51)49(54,47(53)50(40-8-5-2)41-9-6-3)46(52)48(42-33-26-23-27-34-42,43-35-28-24-29-36-43)44-37-30-25-31-38-44/h23-31,33-38,45-46,51-52,54H,4-22,32,39-41H2,1-3H3. The van der Waals surface area contributed by atoms with Crippen LogP contribution in [0, 0.1) is 0 Å². The van der Waals surface area contributed by atoms with Crippen LogP contribution in [0.1, 0.15) is 172 Å². The molecule has 300 valence electrons. The van der Waals surface area contributed by atoms with Crippen molar-refractivity contribution in [2.45, 2.75) is 179 Å². The van der Waals surface area contributed by atoms with E-state index in [0.717, 1.165) is 61.6 Å². The van der Waals surface area contributed by atoms with Crippen molar-refractivity contribution in [3.8, 4) is 0 Å². The zero-order chi connectivity index (χ0) is 38.9. The van der Waals surface area contributed by atoms with Gasteiger partial charge >= 0.3 is 0 Å². The molecule has 5 heteroatoms. The molecule has 0 spiro atoms. The first-order valence-electron chi connectivity index (χ1n) is 21.9. The Hall–Kier alpha value is -2.99. The molecule has 0 bridgehead atoms. The Morgan fingerprint density at radius 1 is 0.500 bits per heavy atom. The third kappa shape index (κ3) is 13.1. The Balaban J connectivity index is 1.80. The Labute approximate surface area is 329 Å². The Bertz CT molecular complexity index is 1260. The maximum absolute atomic E-state index is 14.9. The molecule has 3 N–H and O–H groups in total. The third-order valence-electron chi connectivity index (χ3n) is 11.5. The molecule has 3 atom stereocenters. The van der Waals surface area contributed by atoms with Gasteiger partial charge in [-0.2, -0.15) is 0 Å². The van der Waals surface area contributed by atoms with Gasteiger partial charge in [-0.1, -0.05) is 227 Å². The molecule has 1 amide bonds. The highest BCUT2D eigenvalue weighted by Gasteiger charge is 2.60. The quantitative estimate of drug-likeness (QED) is 0.0469. The van der Waals surface area contributed by atoms with Crippen molar-refractivity contribution in [1.29, 1.82) is 0 Å². The molecule has 0 aliphatic heterocycles. The van der Waals surface area contributed by atoms with Crippen molar-refractivity contribution >= 4 is 5.91 Å². The van der Waals surface area contributed by atoms with Gasteiger partial charge in [0, 0.05) is 13.1 Å². The second kappa shape index (κ2) is 26.0. The van der Waals surface area contributed by atoms with Crippen LogP contribution in [-0.2, 0) is 10.2 Å². The van der Waals surface area contributed by atoms with Crippen LogP contribution >= 0.6 is 0 Å². The molecule has 0 aliphatic carbocycles. The van der Waals surface area contributed by atoms with Gasteiger partial charge in [-0.3, -0.25) is 4.79 Å². The smallest absolute Gasteiger partial charge is 0.260 e. The van der Waals surface area contributed by atoms with Crippen LogP contribution in [0.5, 0.6) is 0 Å². The van der Waals surface area contributed by atoms with Crippen molar-refractivity contribution < 1.29 is 20.1 Å². The van der Waals surface area contributed by atoms with Crippen LogP contribution in [0.2, 0.25) is 0 Å². The van der Waals surface area contributed by atoms with Gasteiger partial charge in [0.15, 0.2) is 5.60 Å². The molecule has 0 fully saturated rings. The van der Waals surface area contributed by atoms with E-state index < -0.39 is 29.1 Å². The number of benzene rings is 3. The van der Waals surface area contributed by atoms with E-state index in [0.29, 0.717) is 19.5 Å². The normalized spacial score (nSPS) is 14.0. The van der Waals surface area contributed by atoms with Crippen LogP contribution in [-0.4, -0.2) is 57.0 Å². The van der Waals surface area contributed by atoms with Gasteiger partial charge in [0.05, 0.1) is 11.5 Å². The summed E-state index contributed by atoms with van der Waals surface area (Å²) in [6.07, 6.45) is 20.3. The summed E-state index contributed by atoms with van der Waals surface area (Å²) in [5, 5.41) is 38.3. The van der Waals surface area contributed by atoms with E-state index in [9.17, 15) is 20.1 Å². The molecule has 0 saturated heterocycles. The average molecular weight is 742 g/mol. The first kappa shape index (κ1) is 45.4. The second-order valence-electron chi connectivity index (χ2n) is 15.7. The minimum atomic E-state index is -2.47. The van der Waals surface area contributed by atoms with Gasteiger partial charge in [-0.25, -0.2) is 0 Å². The molecule has 0 aliphatic rings. The number of aliphatic hydroxyl groups excluding tert-OH is 2. The monoisotopic (exact) mass is 742 g/mol. The Kier molecular flexibility index (Phi) is 21.8. The summed E-state index contributed by atoms with van der Waals surface area (Å²) in [6, 6.07) is 29.0. The Morgan fingerprint density at radius 3 is 1.15 bits per heavy atom. The minimum Gasteiger partial charge on any atom is -0.389 e. The maximum Gasteiger partial charge on any atom is 0.260 e. The molecule has 3 aromatic rings. The summed E-state index contributed by atoms with van der Waals surface area (Å²) in [6.45, 7) is 7.37. The van der Waals surface area contributed by atoms with Crippen LogP contribution in [0.4, 0.5) is 0 Å². The van der Waals surface area contributed by atoms with E-state index in [1.54, 1.807) is 4.90 Å². The van der Waals surface area contributed by atoms with E-state index in [2.05, 4.69) is 20.8 Å². The summed E-state index contributed by atoms with van der Waals surface area (Å²) in [4.78, 5) is 16.6. The van der Waals surface area contributed by atoms with E-state index >= 15 is 0 Å². The molecule has 0 radical (unpaired) electrons. The second-order valence-corrected chi connectivity index (χ2v) is 15.7. The van der Waals surface area contributed by atoms with Crippen LogP contribution < -0.4 is 0 Å². The van der Waals surface area contributed by atoms with Gasteiger partial charge in [0.2, 0.25) is 0 Å². The average Bonchev–Trinajstić information content (AvgIpc) is 3.21. The number of hydrogen-bond donors (Lipinski definition) is 3. The number of amides is 1. The van der Waals surface area contributed by atoms with Gasteiger partial charge in [0.1, 0.15) is 6.10 Å². The van der Waals surface area contributed by atoms with Gasteiger partial charge in [-0.15, -0.1) is 0 Å². The lowest BCUT2D eigenvalue weighted by molar-refractivity contribution is -0.192. The first-order valence-corrected chi connectivity index (χ1v) is 21.9. The molecule has 3 aromatic carbocycles. The fourth-order valence-corrected chi connectivity index (χ4v) is 8.22. The fraction of sp³-hybridized carbons (Fsp3) is 0.612. The van der Waals surface area contributed by atoms with E-state index in [4.69, 9.17) is 0 Å². The molecule has 3 unspecified atom stereocenters. The Morgan fingerprint density at radius 2 is 0.815 bits per heavy atom. The molecule has 54 heavy (non-hydrogen) atoms. The largest absolute Gasteiger partial charge is 0.389 e. The van der Waals surface area contributed by atoms with Crippen LogP contribution in [0.15, 0.2) is 91.0 Å². The number of nitrogens with zero attached hydrogens (tertiary/aromatic N) is 1. The van der Waals surface area contributed by atoms with Crippen LogP contribution in [0.3, 0.4) is 0 Å². The fourth-order valence-electron chi connectivity index (χ4n) is 8.22. The molecular weight excluding hydrogens is 667 g/mol. The van der Waals surface area contributed by atoms with Crippen LogP contribution in [0.25, 0.3) is 0 Å². The van der Waals surface area contributed by atoms with E-state index in [1.165, 1.54) is 77.0 Å². The summed E-state index contributed by atoms with van der Waals surface area (Å²) in [7, 11) is 0. The molecular formula is C49H75NO4. The first-order chi connectivity index (χ1) is 26.4. The van der Waals surface area contributed by atoms with Crippen molar-refractivity contribution in [3.05, 3.63) is 108 Å². The number of carbonyl (C=O) groups is 1. The summed E-state index contributed by atoms with van der Waals surface area (Å²) < 4.78 is 0. The number of aliphatic hydroxyl groups is 3. The van der Waals surface area contributed by atoms with Gasteiger partial charge in [-0.05, 0) is 36.0 Å². The SMILES string of the molecule is CCCCCCCCCCCCCCCCCCC(O)C(O)(C(=O)N(CCCC)CCCC)C(O)C(c1ccccc1)(c1ccccc1)c1ccccc1. The lowest BCUT2D eigenvalue weighted by Gasteiger charge is -2.49. The molecule has 0 saturated carbocycles. The third-order valence-corrected chi connectivity index (χ3v) is 11.5. The van der Waals surface area contributed by atoms with Crippen molar-refractivity contribution in [1.82, 2.24) is 4.90 Å². The van der Waals surface area contributed by atoms with E-state index in [-0.39, 0.29) is 6.42 Å². The number of hydrogen-bond acceptors (Lipinski definition) is 4. The lowest BCUT2D eigenvalue weighted by atomic mass is 9.60. The maximum atomic E-state index is 14.9. The topological polar surface area (TPSA) is 81.0 Å². The summed E-state index contributed by atoms with van der Waals surface area (Å²) in [5.74, 6) is -0.590. The number of rotatable bonds is 30. The molecule has 5 nitrogen and oxygen atoms in total. The van der Waals surface area contributed by atoms with E-state index in [1.807, 2.05) is 91.0 Å². The molecule has 0 aromatic heterocycles. The highest BCUT2D eigenvalue weighted by Crippen LogP contribution is 2.47. The van der Waals surface area contributed by atoms with Gasteiger partial charge < -0.3 is 20.2 Å². The lowest BCUT2D eigenvalue weighted by Crippen LogP contribution is -2.68. The minimum absolute atomic E-state index is 0.224. The number of unbranched alkanes of at least 4 members (excludes halogenated alkanes) is 17. The van der Waals surface area contributed by atoms with Gasteiger partial charge in [0.25, 0.3) is 5.91 Å². The van der Waals surface area contributed by atoms with Crippen molar-refractivity contribution in [2.75, 3.05) is 13.1 Å².